The van der Waals surface area contributed by atoms with Crippen LogP contribution in [0.1, 0.15) is 28.8 Å². The summed E-state index contributed by atoms with van der Waals surface area (Å²) in [6.07, 6.45) is -1.14. The summed E-state index contributed by atoms with van der Waals surface area (Å²) in [5.41, 5.74) is 0.0541. The molecule has 8 nitrogen and oxygen atoms in total. The van der Waals surface area contributed by atoms with E-state index in [0.29, 0.717) is 11.5 Å². The van der Waals surface area contributed by atoms with Gasteiger partial charge in [0, 0.05) is 12.1 Å². The van der Waals surface area contributed by atoms with Crippen LogP contribution in [0.25, 0.3) is 0 Å². The van der Waals surface area contributed by atoms with Gasteiger partial charge in [-0.3, -0.25) is 14.9 Å². The number of nitrogens with one attached hydrogen (secondary N) is 1. The highest BCUT2D eigenvalue weighted by Gasteiger charge is 2.23. The Labute approximate surface area is 147 Å². The summed E-state index contributed by atoms with van der Waals surface area (Å²) in [5, 5.41) is 13.3. The topological polar surface area (TPSA) is 112 Å². The number of esters is 1. The molecule has 2 rings (SSSR count). The maximum absolute atomic E-state index is 12.2. The van der Waals surface area contributed by atoms with Gasteiger partial charge in [-0.25, -0.2) is 4.79 Å². The Kier molecular flexibility index (Phi) is 5.43. The van der Waals surface area contributed by atoms with E-state index in [9.17, 15) is 19.7 Å². The van der Waals surface area contributed by atoms with Crippen molar-refractivity contribution >= 4 is 34.9 Å². The number of rotatable bonds is 5. The number of anilines is 1. The first kappa shape index (κ1) is 18.5. The molecule has 1 N–H and O–H groups in total. The molecular formula is C16H15ClN2O6. The van der Waals surface area contributed by atoms with Gasteiger partial charge in [0.1, 0.15) is 17.1 Å². The van der Waals surface area contributed by atoms with Gasteiger partial charge in [0.25, 0.3) is 11.6 Å². The van der Waals surface area contributed by atoms with Gasteiger partial charge in [-0.1, -0.05) is 11.6 Å². The van der Waals surface area contributed by atoms with Crippen molar-refractivity contribution in [3.63, 3.8) is 0 Å². The van der Waals surface area contributed by atoms with E-state index >= 15 is 0 Å². The molecule has 1 amide bonds. The second-order valence-corrected chi connectivity index (χ2v) is 5.69. The number of carbonyl (C=O) groups excluding carboxylic acids is 2. The molecule has 1 unspecified atom stereocenters. The molecule has 0 saturated heterocycles. The fourth-order valence-corrected chi connectivity index (χ4v) is 2.23. The number of carbonyl (C=O) groups is 2. The third-order valence-corrected chi connectivity index (χ3v) is 3.66. The molecule has 0 aliphatic heterocycles. The predicted octanol–water partition coefficient (Wildman–Crippen LogP) is 3.64. The number of amides is 1. The Morgan fingerprint density at radius 3 is 2.56 bits per heavy atom. The average Bonchev–Trinajstić information content (AvgIpc) is 2.87. The quantitative estimate of drug-likeness (QED) is 0.491. The Hall–Kier alpha value is -2.87. The third-order valence-electron chi connectivity index (χ3n) is 3.33. The zero-order valence-corrected chi connectivity index (χ0v) is 14.4. The van der Waals surface area contributed by atoms with Gasteiger partial charge in [0.05, 0.1) is 15.6 Å². The van der Waals surface area contributed by atoms with Crippen LogP contribution in [0.2, 0.25) is 5.02 Å². The lowest BCUT2D eigenvalue weighted by Gasteiger charge is -2.14. The molecule has 0 spiro atoms. The molecule has 9 heteroatoms. The number of halogens is 1. The molecule has 0 fully saturated rings. The average molecular weight is 367 g/mol. The summed E-state index contributed by atoms with van der Waals surface area (Å²) in [5.74, 6) is -0.447. The zero-order chi connectivity index (χ0) is 18.7. The van der Waals surface area contributed by atoms with Crippen LogP contribution < -0.4 is 5.32 Å². The minimum atomic E-state index is -1.14. The first-order valence-electron chi connectivity index (χ1n) is 7.22. The van der Waals surface area contributed by atoms with Crippen molar-refractivity contribution < 1.29 is 23.7 Å². The Morgan fingerprint density at radius 2 is 2.00 bits per heavy atom. The molecule has 132 valence electrons. The lowest BCUT2D eigenvalue weighted by atomic mass is 10.2. The van der Waals surface area contributed by atoms with Gasteiger partial charge in [-0.05, 0) is 32.9 Å². The summed E-state index contributed by atoms with van der Waals surface area (Å²) in [4.78, 5) is 34.4. The normalized spacial score (nSPS) is 11.7. The van der Waals surface area contributed by atoms with E-state index in [1.807, 2.05) is 0 Å². The van der Waals surface area contributed by atoms with Crippen molar-refractivity contribution in [3.05, 3.63) is 56.5 Å². The van der Waals surface area contributed by atoms with E-state index in [0.717, 1.165) is 6.07 Å². The van der Waals surface area contributed by atoms with E-state index in [1.54, 1.807) is 13.8 Å². The molecule has 1 aromatic heterocycles. The lowest BCUT2D eigenvalue weighted by molar-refractivity contribution is -0.384. The number of non-ortho nitro benzene ring substituents is 1. The molecule has 0 bridgehead atoms. The van der Waals surface area contributed by atoms with Crippen molar-refractivity contribution in [2.75, 3.05) is 5.32 Å². The largest absolute Gasteiger partial charge is 0.466 e. The number of nitro benzene ring substituents is 1. The lowest BCUT2D eigenvalue weighted by Crippen LogP contribution is -2.30. The summed E-state index contributed by atoms with van der Waals surface area (Å²) < 4.78 is 10.3. The summed E-state index contributed by atoms with van der Waals surface area (Å²) in [6, 6.07) is 5.15. The molecule has 25 heavy (non-hydrogen) atoms. The summed E-state index contributed by atoms with van der Waals surface area (Å²) >= 11 is 5.92. The molecule has 0 aliphatic rings. The number of furan rings is 1. The first-order chi connectivity index (χ1) is 11.7. The number of ether oxygens (including phenoxy) is 1. The molecule has 0 saturated carbocycles. The number of hydrogen-bond donors (Lipinski definition) is 1. The monoisotopic (exact) mass is 366 g/mol. The predicted molar refractivity (Wildman–Crippen MR) is 89.8 cm³/mol. The Balaban J connectivity index is 2.08. The molecular weight excluding hydrogens is 352 g/mol. The van der Waals surface area contributed by atoms with Crippen molar-refractivity contribution in [1.29, 1.82) is 0 Å². The highest BCUT2D eigenvalue weighted by Crippen LogP contribution is 2.27. The highest BCUT2D eigenvalue weighted by atomic mass is 35.5. The molecule has 1 heterocycles. The number of hydrogen-bond acceptors (Lipinski definition) is 6. The van der Waals surface area contributed by atoms with Crippen LogP contribution in [0.5, 0.6) is 0 Å². The van der Waals surface area contributed by atoms with Crippen molar-refractivity contribution in [2.45, 2.75) is 26.9 Å². The Bertz CT molecular complexity index is 845. The van der Waals surface area contributed by atoms with Crippen LogP contribution in [0.4, 0.5) is 11.4 Å². The van der Waals surface area contributed by atoms with E-state index in [1.165, 1.54) is 25.1 Å². The maximum Gasteiger partial charge on any atom is 0.342 e. The van der Waals surface area contributed by atoms with E-state index in [2.05, 4.69) is 5.32 Å². The van der Waals surface area contributed by atoms with Crippen LogP contribution in [0.15, 0.2) is 28.7 Å². The van der Waals surface area contributed by atoms with Gasteiger partial charge < -0.3 is 14.5 Å². The highest BCUT2D eigenvalue weighted by molar-refractivity contribution is 6.33. The van der Waals surface area contributed by atoms with Gasteiger partial charge in [0.15, 0.2) is 6.10 Å². The number of benzene rings is 1. The Morgan fingerprint density at radius 1 is 1.32 bits per heavy atom. The third kappa shape index (κ3) is 4.36. The van der Waals surface area contributed by atoms with Crippen LogP contribution >= 0.6 is 11.6 Å². The SMILES string of the molecule is Cc1cc(C(=O)OC(C)C(=O)Nc2cc([N+](=O)[O-])ccc2Cl)c(C)o1. The van der Waals surface area contributed by atoms with Crippen molar-refractivity contribution in [3.8, 4) is 0 Å². The van der Waals surface area contributed by atoms with E-state index < -0.39 is 22.9 Å². The van der Waals surface area contributed by atoms with Crippen LogP contribution in [-0.4, -0.2) is 22.9 Å². The molecule has 0 aliphatic carbocycles. The number of aryl methyl sites for hydroxylation is 2. The standard InChI is InChI=1S/C16H15ClN2O6/c1-8-6-12(9(2)24-8)16(21)25-10(3)15(20)18-14-7-11(19(22)23)4-5-13(14)17/h4-7,10H,1-3H3,(H,18,20). The zero-order valence-electron chi connectivity index (χ0n) is 13.7. The molecule has 1 aromatic carbocycles. The summed E-state index contributed by atoms with van der Waals surface area (Å²) in [7, 11) is 0. The van der Waals surface area contributed by atoms with Crippen LogP contribution in [0, 0.1) is 24.0 Å². The fourth-order valence-electron chi connectivity index (χ4n) is 2.07. The first-order valence-corrected chi connectivity index (χ1v) is 7.59. The van der Waals surface area contributed by atoms with Gasteiger partial charge >= 0.3 is 5.97 Å². The van der Waals surface area contributed by atoms with Crippen LogP contribution in [-0.2, 0) is 9.53 Å². The van der Waals surface area contributed by atoms with Gasteiger partial charge in [-0.15, -0.1) is 0 Å². The van der Waals surface area contributed by atoms with Crippen molar-refractivity contribution in [2.24, 2.45) is 0 Å². The minimum absolute atomic E-state index is 0.0547. The van der Waals surface area contributed by atoms with E-state index in [4.69, 9.17) is 20.8 Å². The van der Waals surface area contributed by atoms with E-state index in [-0.39, 0.29) is 22.0 Å². The number of nitro groups is 1. The van der Waals surface area contributed by atoms with Crippen molar-refractivity contribution in [1.82, 2.24) is 0 Å². The van der Waals surface area contributed by atoms with Crippen LogP contribution in [0.3, 0.4) is 0 Å². The second kappa shape index (κ2) is 7.35. The van der Waals surface area contributed by atoms with Gasteiger partial charge in [0.2, 0.25) is 0 Å². The molecule has 1 atom stereocenters. The van der Waals surface area contributed by atoms with Gasteiger partial charge in [-0.2, -0.15) is 0 Å². The minimum Gasteiger partial charge on any atom is -0.466 e. The molecule has 0 radical (unpaired) electrons. The molecule has 2 aromatic rings. The maximum atomic E-state index is 12.2. The summed E-state index contributed by atoms with van der Waals surface area (Å²) in [6.45, 7) is 4.67. The number of nitrogens with zero attached hydrogens (tertiary/aromatic N) is 1. The second-order valence-electron chi connectivity index (χ2n) is 5.28. The fraction of sp³-hybridized carbons (Fsp3) is 0.250. The smallest absolute Gasteiger partial charge is 0.342 e.